The van der Waals surface area contributed by atoms with Crippen molar-refractivity contribution >= 4 is 0 Å². The van der Waals surface area contributed by atoms with Crippen LogP contribution < -0.4 is 0 Å². The van der Waals surface area contributed by atoms with E-state index in [1.165, 1.54) is 25.7 Å². The number of β-amino-alcohol motifs (C(OH)–C–C–N with tert-alkyl or cyclic N) is 1. The summed E-state index contributed by atoms with van der Waals surface area (Å²) in [5.74, 6) is 2.30. The SMILES string of the molecule is C[C@@H]1C[C@H](C)CN(C[C@H](O)CO[C@H]2C[C@H]3CC[C@@]2(C)C3(C)C)C1. The van der Waals surface area contributed by atoms with E-state index >= 15 is 0 Å². The lowest BCUT2D eigenvalue weighted by Gasteiger charge is -2.39. The zero-order chi connectivity index (χ0) is 16.8. The predicted molar refractivity (Wildman–Crippen MR) is 94.4 cm³/mol. The number of rotatable bonds is 5. The van der Waals surface area contributed by atoms with Crippen LogP contribution in [0.5, 0.6) is 0 Å². The Bertz CT molecular complexity index is 414. The van der Waals surface area contributed by atoms with Crippen LogP contribution in [-0.4, -0.2) is 48.5 Å². The second kappa shape index (κ2) is 6.31. The van der Waals surface area contributed by atoms with Crippen molar-refractivity contribution in [2.24, 2.45) is 28.6 Å². The Labute approximate surface area is 142 Å². The van der Waals surface area contributed by atoms with Crippen molar-refractivity contribution in [3.63, 3.8) is 0 Å². The highest BCUT2D eigenvalue weighted by Gasteiger charge is 2.61. The largest absolute Gasteiger partial charge is 0.389 e. The van der Waals surface area contributed by atoms with E-state index in [-0.39, 0.29) is 6.10 Å². The van der Waals surface area contributed by atoms with E-state index in [9.17, 15) is 5.11 Å². The molecular weight excluding hydrogens is 286 g/mol. The average molecular weight is 324 g/mol. The number of hydrogen-bond acceptors (Lipinski definition) is 3. The first-order valence-corrected chi connectivity index (χ1v) is 9.74. The molecule has 2 bridgehead atoms. The molecule has 134 valence electrons. The van der Waals surface area contributed by atoms with E-state index in [0.29, 0.717) is 23.5 Å². The van der Waals surface area contributed by atoms with Crippen LogP contribution in [0.25, 0.3) is 0 Å². The van der Waals surface area contributed by atoms with Crippen molar-refractivity contribution in [1.29, 1.82) is 0 Å². The molecule has 1 N–H and O–H groups in total. The van der Waals surface area contributed by atoms with E-state index < -0.39 is 0 Å². The first-order chi connectivity index (χ1) is 10.7. The average Bonchev–Trinajstić information content (AvgIpc) is 2.76. The summed E-state index contributed by atoms with van der Waals surface area (Å²) >= 11 is 0. The quantitative estimate of drug-likeness (QED) is 0.840. The molecular formula is C20H37NO2. The van der Waals surface area contributed by atoms with Gasteiger partial charge in [0.1, 0.15) is 0 Å². The second-order valence-electron chi connectivity index (χ2n) is 9.75. The number of hydrogen-bond donors (Lipinski definition) is 1. The van der Waals surface area contributed by atoms with Crippen molar-refractivity contribution in [2.45, 2.75) is 72.5 Å². The van der Waals surface area contributed by atoms with Crippen molar-refractivity contribution in [3.8, 4) is 0 Å². The maximum absolute atomic E-state index is 10.5. The van der Waals surface area contributed by atoms with Crippen LogP contribution in [0.15, 0.2) is 0 Å². The van der Waals surface area contributed by atoms with Crippen LogP contribution in [0.2, 0.25) is 0 Å². The molecule has 1 saturated heterocycles. The number of fused-ring (bicyclic) bond motifs is 2. The first kappa shape index (κ1) is 17.7. The Morgan fingerprint density at radius 3 is 2.30 bits per heavy atom. The van der Waals surface area contributed by atoms with Gasteiger partial charge in [-0.1, -0.05) is 34.6 Å². The number of nitrogens with zero attached hydrogens (tertiary/aromatic N) is 1. The van der Waals surface area contributed by atoms with E-state index in [1.807, 2.05) is 0 Å². The molecule has 3 nitrogen and oxygen atoms in total. The lowest BCUT2D eigenvalue weighted by atomic mass is 9.70. The maximum atomic E-state index is 10.5. The van der Waals surface area contributed by atoms with Crippen molar-refractivity contribution in [3.05, 3.63) is 0 Å². The summed E-state index contributed by atoms with van der Waals surface area (Å²) in [5.41, 5.74) is 0.686. The Morgan fingerprint density at radius 2 is 1.78 bits per heavy atom. The van der Waals surface area contributed by atoms with Crippen LogP contribution in [0.1, 0.15) is 60.3 Å². The third-order valence-electron chi connectivity index (χ3n) is 7.62. The zero-order valence-corrected chi connectivity index (χ0v) is 15.8. The van der Waals surface area contributed by atoms with Crippen LogP contribution in [0.3, 0.4) is 0 Å². The van der Waals surface area contributed by atoms with Crippen molar-refractivity contribution in [2.75, 3.05) is 26.2 Å². The topological polar surface area (TPSA) is 32.7 Å². The summed E-state index contributed by atoms with van der Waals surface area (Å²) in [6.45, 7) is 15.4. The molecule has 1 aliphatic heterocycles. The molecule has 0 aromatic carbocycles. The monoisotopic (exact) mass is 323 g/mol. The van der Waals surface area contributed by atoms with Gasteiger partial charge in [0.2, 0.25) is 0 Å². The highest BCUT2D eigenvalue weighted by atomic mass is 16.5. The molecule has 3 fully saturated rings. The third kappa shape index (κ3) is 3.21. The lowest BCUT2D eigenvalue weighted by molar-refractivity contribution is -0.0813. The summed E-state index contributed by atoms with van der Waals surface area (Å²) in [6, 6.07) is 0. The van der Waals surface area contributed by atoms with Gasteiger partial charge in [0, 0.05) is 19.6 Å². The van der Waals surface area contributed by atoms with Gasteiger partial charge in [-0.25, -0.2) is 0 Å². The fourth-order valence-corrected chi connectivity index (χ4v) is 5.90. The summed E-state index contributed by atoms with van der Waals surface area (Å²) in [5, 5.41) is 10.5. The predicted octanol–water partition coefficient (Wildman–Crippen LogP) is 3.56. The van der Waals surface area contributed by atoms with Gasteiger partial charge in [-0.2, -0.15) is 0 Å². The Kier molecular flexibility index (Phi) is 4.85. The molecule has 23 heavy (non-hydrogen) atoms. The Morgan fingerprint density at radius 1 is 1.13 bits per heavy atom. The molecule has 1 heterocycles. The molecule has 0 amide bonds. The molecule has 6 atom stereocenters. The summed E-state index contributed by atoms with van der Waals surface area (Å²) < 4.78 is 6.26. The second-order valence-corrected chi connectivity index (χ2v) is 9.75. The van der Waals surface area contributed by atoms with Gasteiger partial charge in [0.15, 0.2) is 0 Å². The smallest absolute Gasteiger partial charge is 0.0900 e. The highest BCUT2D eigenvalue weighted by Crippen LogP contribution is 2.66. The number of piperidine rings is 1. The molecule has 2 aliphatic carbocycles. The number of aliphatic hydroxyl groups excluding tert-OH is 1. The number of likely N-dealkylation sites (tertiary alicyclic amines) is 1. The van der Waals surface area contributed by atoms with Gasteiger partial charge < -0.3 is 14.7 Å². The molecule has 0 aromatic rings. The minimum absolute atomic E-state index is 0.297. The first-order valence-electron chi connectivity index (χ1n) is 9.74. The summed E-state index contributed by atoms with van der Waals surface area (Å²) in [7, 11) is 0. The molecule has 0 unspecified atom stereocenters. The van der Waals surface area contributed by atoms with Gasteiger partial charge in [-0.15, -0.1) is 0 Å². The van der Waals surface area contributed by atoms with Gasteiger partial charge >= 0.3 is 0 Å². The van der Waals surface area contributed by atoms with E-state index in [2.05, 4.69) is 39.5 Å². The Hall–Kier alpha value is -0.120. The van der Waals surface area contributed by atoms with E-state index in [1.54, 1.807) is 0 Å². The third-order valence-corrected chi connectivity index (χ3v) is 7.62. The molecule has 3 heteroatoms. The van der Waals surface area contributed by atoms with Gasteiger partial charge in [-0.05, 0) is 54.3 Å². The fourth-order valence-electron chi connectivity index (χ4n) is 5.90. The molecule has 0 spiro atoms. The zero-order valence-electron chi connectivity index (χ0n) is 15.8. The lowest BCUT2D eigenvalue weighted by Crippen LogP contribution is -2.44. The van der Waals surface area contributed by atoms with Crippen molar-refractivity contribution in [1.82, 2.24) is 4.90 Å². The summed E-state index contributed by atoms with van der Waals surface area (Å²) in [6.07, 6.45) is 5.14. The number of aliphatic hydroxyl groups is 1. The van der Waals surface area contributed by atoms with Crippen LogP contribution in [-0.2, 0) is 4.74 Å². The van der Waals surface area contributed by atoms with Gasteiger partial charge in [0.05, 0.1) is 18.8 Å². The molecule has 3 aliphatic rings. The molecule has 0 aromatic heterocycles. The van der Waals surface area contributed by atoms with Crippen molar-refractivity contribution < 1.29 is 9.84 Å². The Balaban J connectivity index is 1.48. The molecule has 0 radical (unpaired) electrons. The van der Waals surface area contributed by atoms with Gasteiger partial charge in [0.25, 0.3) is 0 Å². The summed E-state index contributed by atoms with van der Waals surface area (Å²) in [4.78, 5) is 2.43. The number of ether oxygens (including phenoxy) is 1. The maximum Gasteiger partial charge on any atom is 0.0900 e. The minimum atomic E-state index is -0.349. The molecule has 2 saturated carbocycles. The standard InChI is InChI=1S/C20H37NO2/c1-14-8-15(2)11-21(10-14)12-17(22)13-23-18-9-16-6-7-20(18,5)19(16,3)4/h14-18,22H,6-13H2,1-5H3/t14-,15+,16-,17+,18+,20-/m1/s1. The van der Waals surface area contributed by atoms with Crippen LogP contribution in [0, 0.1) is 28.6 Å². The minimum Gasteiger partial charge on any atom is -0.389 e. The normalized spacial score (nSPS) is 44.6. The van der Waals surface area contributed by atoms with Crippen LogP contribution in [0.4, 0.5) is 0 Å². The fraction of sp³-hybridized carbons (Fsp3) is 1.00. The highest BCUT2D eigenvalue weighted by molar-refractivity contribution is 5.11. The van der Waals surface area contributed by atoms with Crippen LogP contribution >= 0.6 is 0 Å². The van der Waals surface area contributed by atoms with E-state index in [0.717, 1.165) is 37.4 Å². The molecule has 3 rings (SSSR count). The van der Waals surface area contributed by atoms with Gasteiger partial charge in [-0.3, -0.25) is 0 Å². The van der Waals surface area contributed by atoms with E-state index in [4.69, 9.17) is 4.74 Å².